The third-order valence-corrected chi connectivity index (χ3v) is 3.38. The molecule has 2 fully saturated rings. The Balaban J connectivity index is 1.85. The highest BCUT2D eigenvalue weighted by Gasteiger charge is 2.58. The summed E-state index contributed by atoms with van der Waals surface area (Å²) in [4.78, 5) is 24.7. The van der Waals surface area contributed by atoms with Crippen LogP contribution in [-0.2, 0) is 16.1 Å². The fourth-order valence-corrected chi connectivity index (χ4v) is 2.39. The Hall–Kier alpha value is -2.22. The summed E-state index contributed by atoms with van der Waals surface area (Å²) in [5.74, 6) is -1.18. The van der Waals surface area contributed by atoms with E-state index in [1.807, 2.05) is 6.07 Å². The molecule has 5 heteroatoms. The number of halogens is 1. The maximum Gasteiger partial charge on any atom is 0.233 e. The number of amides is 2. The number of fused-ring (bicyclic) bond motifs is 1. The minimum Gasteiger partial charge on any atom is -0.278 e. The molecule has 3 rings (SSSR count). The summed E-state index contributed by atoms with van der Waals surface area (Å²) in [6.07, 6.45) is 0.654. The number of carbonyl (C=O) groups is 2. The van der Waals surface area contributed by atoms with E-state index in [0.29, 0.717) is 12.0 Å². The van der Waals surface area contributed by atoms with E-state index in [9.17, 15) is 14.0 Å². The highest BCUT2D eigenvalue weighted by Crippen LogP contribution is 2.47. The maximum absolute atomic E-state index is 13.2. The van der Waals surface area contributed by atoms with Crippen LogP contribution in [0, 0.1) is 29.0 Å². The zero-order valence-corrected chi connectivity index (χ0v) is 9.39. The van der Waals surface area contributed by atoms with E-state index in [2.05, 4.69) is 0 Å². The number of likely N-dealkylation sites (tertiary alicyclic amines) is 1. The molecule has 18 heavy (non-hydrogen) atoms. The second-order valence-corrected chi connectivity index (χ2v) is 4.67. The van der Waals surface area contributed by atoms with Crippen molar-refractivity contribution in [3.63, 3.8) is 0 Å². The van der Waals surface area contributed by atoms with Gasteiger partial charge in [-0.15, -0.1) is 0 Å². The number of piperidine rings is 1. The summed E-state index contributed by atoms with van der Waals surface area (Å²) in [5, 5.41) is 8.74. The lowest BCUT2D eigenvalue weighted by molar-refractivity contribution is -0.142. The minimum absolute atomic E-state index is 0.0527. The molecule has 0 aromatic heterocycles. The topological polar surface area (TPSA) is 61.2 Å². The Kier molecular flexibility index (Phi) is 2.20. The molecule has 90 valence electrons. The summed E-state index contributed by atoms with van der Waals surface area (Å²) < 4.78 is 13.2. The third kappa shape index (κ3) is 1.58. The van der Waals surface area contributed by atoms with Crippen LogP contribution >= 0.6 is 0 Å². The molecule has 1 aromatic carbocycles. The van der Waals surface area contributed by atoms with Gasteiger partial charge in [-0.05, 0) is 30.2 Å². The summed E-state index contributed by atoms with van der Waals surface area (Å²) in [7, 11) is 0. The minimum atomic E-state index is -0.534. The van der Waals surface area contributed by atoms with Crippen LogP contribution in [0.15, 0.2) is 18.2 Å². The van der Waals surface area contributed by atoms with Crippen molar-refractivity contribution in [3.05, 3.63) is 35.1 Å². The molecule has 0 N–H and O–H groups in total. The first kappa shape index (κ1) is 10.9. The first-order valence-corrected chi connectivity index (χ1v) is 5.65. The van der Waals surface area contributed by atoms with Crippen LogP contribution in [0.3, 0.4) is 0 Å². The summed E-state index contributed by atoms with van der Waals surface area (Å²) in [6, 6.07) is 5.70. The molecule has 1 aromatic rings. The van der Waals surface area contributed by atoms with Crippen molar-refractivity contribution in [1.29, 1.82) is 5.26 Å². The van der Waals surface area contributed by atoms with E-state index < -0.39 is 5.82 Å². The summed E-state index contributed by atoms with van der Waals surface area (Å²) in [5.41, 5.74) is 0.656. The normalized spacial score (nSPS) is 25.0. The number of carbonyl (C=O) groups excluding carboxylic acids is 2. The zero-order chi connectivity index (χ0) is 12.9. The number of hydrogen-bond donors (Lipinski definition) is 0. The van der Waals surface area contributed by atoms with Crippen LogP contribution in [0.2, 0.25) is 0 Å². The first-order chi connectivity index (χ1) is 8.60. The highest BCUT2D eigenvalue weighted by molar-refractivity contribution is 6.08. The molecule has 0 radical (unpaired) electrons. The van der Waals surface area contributed by atoms with Crippen LogP contribution in [-0.4, -0.2) is 16.7 Å². The Morgan fingerprint density at radius 2 is 1.94 bits per heavy atom. The molecule has 2 amide bonds. The van der Waals surface area contributed by atoms with Gasteiger partial charge in [-0.25, -0.2) is 4.39 Å². The number of imide groups is 1. The van der Waals surface area contributed by atoms with Gasteiger partial charge in [0.05, 0.1) is 30.0 Å². The van der Waals surface area contributed by atoms with Crippen molar-refractivity contribution < 1.29 is 14.0 Å². The Labute approximate surface area is 103 Å². The lowest BCUT2D eigenvalue weighted by atomic mass is 10.1. The van der Waals surface area contributed by atoms with E-state index in [1.54, 1.807) is 0 Å². The van der Waals surface area contributed by atoms with Crippen molar-refractivity contribution in [2.75, 3.05) is 0 Å². The fraction of sp³-hybridized carbons (Fsp3) is 0.308. The SMILES string of the molecule is N#Cc1cc(F)cc(CN2C(=O)C3CC3C2=O)c1. The van der Waals surface area contributed by atoms with Gasteiger partial charge in [0.15, 0.2) is 0 Å². The second kappa shape index (κ2) is 3.64. The molecular weight excluding hydrogens is 235 g/mol. The van der Waals surface area contributed by atoms with Crippen molar-refractivity contribution in [3.8, 4) is 6.07 Å². The van der Waals surface area contributed by atoms with Crippen LogP contribution in [0.5, 0.6) is 0 Å². The summed E-state index contributed by atoms with van der Waals surface area (Å²) in [6.45, 7) is 0.0527. The van der Waals surface area contributed by atoms with Gasteiger partial charge < -0.3 is 0 Å². The van der Waals surface area contributed by atoms with E-state index in [0.717, 1.165) is 11.0 Å². The van der Waals surface area contributed by atoms with Crippen molar-refractivity contribution in [1.82, 2.24) is 4.90 Å². The lowest BCUT2D eigenvalue weighted by Crippen LogP contribution is -2.32. The molecule has 1 saturated heterocycles. The average Bonchev–Trinajstić information content (AvgIpc) is 3.09. The van der Waals surface area contributed by atoms with Gasteiger partial charge in [0.2, 0.25) is 11.8 Å². The Morgan fingerprint density at radius 1 is 1.28 bits per heavy atom. The molecule has 2 aliphatic rings. The van der Waals surface area contributed by atoms with E-state index in [4.69, 9.17) is 5.26 Å². The number of benzene rings is 1. The Bertz CT molecular complexity index is 585. The molecule has 1 aliphatic heterocycles. The van der Waals surface area contributed by atoms with E-state index >= 15 is 0 Å². The first-order valence-electron chi connectivity index (χ1n) is 5.65. The van der Waals surface area contributed by atoms with Crippen molar-refractivity contribution in [2.45, 2.75) is 13.0 Å². The quantitative estimate of drug-likeness (QED) is 0.734. The standard InChI is InChI=1S/C13H9FN2O2/c14-9-2-7(5-15)1-8(3-9)6-16-12(17)10-4-11(10)13(16)18/h1-3,10-11H,4,6H2. The third-order valence-electron chi connectivity index (χ3n) is 3.38. The Morgan fingerprint density at radius 3 is 2.56 bits per heavy atom. The van der Waals surface area contributed by atoms with Crippen LogP contribution in [0.25, 0.3) is 0 Å². The molecule has 2 atom stereocenters. The highest BCUT2D eigenvalue weighted by atomic mass is 19.1. The van der Waals surface area contributed by atoms with Crippen LogP contribution < -0.4 is 0 Å². The monoisotopic (exact) mass is 244 g/mol. The van der Waals surface area contributed by atoms with Crippen LogP contribution in [0.1, 0.15) is 17.5 Å². The lowest BCUT2D eigenvalue weighted by Gasteiger charge is -2.16. The van der Waals surface area contributed by atoms with E-state index in [-0.39, 0.29) is 35.8 Å². The number of hydrogen-bond acceptors (Lipinski definition) is 3. The zero-order valence-electron chi connectivity index (χ0n) is 9.39. The molecule has 0 spiro atoms. The maximum atomic E-state index is 13.2. The number of nitriles is 1. The fourth-order valence-electron chi connectivity index (χ4n) is 2.39. The van der Waals surface area contributed by atoms with Gasteiger partial charge in [0.1, 0.15) is 5.82 Å². The van der Waals surface area contributed by atoms with Crippen molar-refractivity contribution in [2.24, 2.45) is 11.8 Å². The molecule has 0 bridgehead atoms. The van der Waals surface area contributed by atoms with Gasteiger partial charge in [-0.3, -0.25) is 14.5 Å². The molecule has 2 unspecified atom stereocenters. The number of nitrogens with zero attached hydrogens (tertiary/aromatic N) is 2. The largest absolute Gasteiger partial charge is 0.278 e. The predicted octanol–water partition coefficient (Wildman–Crippen LogP) is 1.20. The molecule has 1 heterocycles. The van der Waals surface area contributed by atoms with Crippen molar-refractivity contribution >= 4 is 11.8 Å². The van der Waals surface area contributed by atoms with Gasteiger partial charge in [0, 0.05) is 0 Å². The van der Waals surface area contributed by atoms with Gasteiger partial charge in [0.25, 0.3) is 0 Å². The smallest absolute Gasteiger partial charge is 0.233 e. The second-order valence-electron chi connectivity index (χ2n) is 4.67. The molecule has 1 aliphatic carbocycles. The average molecular weight is 244 g/mol. The van der Waals surface area contributed by atoms with Gasteiger partial charge in [-0.1, -0.05) is 0 Å². The summed E-state index contributed by atoms with van der Waals surface area (Å²) >= 11 is 0. The number of rotatable bonds is 2. The molecule has 4 nitrogen and oxygen atoms in total. The van der Waals surface area contributed by atoms with Gasteiger partial charge >= 0.3 is 0 Å². The molecular formula is C13H9FN2O2. The van der Waals surface area contributed by atoms with E-state index in [1.165, 1.54) is 12.1 Å². The van der Waals surface area contributed by atoms with Gasteiger partial charge in [-0.2, -0.15) is 5.26 Å². The van der Waals surface area contributed by atoms with Crippen LogP contribution in [0.4, 0.5) is 4.39 Å². The predicted molar refractivity (Wildman–Crippen MR) is 58.3 cm³/mol. The molecule has 1 saturated carbocycles.